The lowest BCUT2D eigenvalue weighted by Crippen LogP contribution is -2.26. The molecule has 0 saturated heterocycles. The summed E-state index contributed by atoms with van der Waals surface area (Å²) < 4.78 is 36.4. The third-order valence-corrected chi connectivity index (χ3v) is 2.54. The van der Waals surface area contributed by atoms with Crippen molar-refractivity contribution in [3.63, 3.8) is 0 Å². The van der Waals surface area contributed by atoms with Crippen molar-refractivity contribution in [1.29, 1.82) is 0 Å². The first-order chi connectivity index (χ1) is 7.60. The third-order valence-electron chi connectivity index (χ3n) is 2.10. The van der Waals surface area contributed by atoms with Gasteiger partial charge >= 0.3 is 6.18 Å². The van der Waals surface area contributed by atoms with Gasteiger partial charge < -0.3 is 0 Å². The zero-order chi connectivity index (χ0) is 13.3. The number of alkyl halides is 4. The lowest BCUT2D eigenvalue weighted by Gasteiger charge is -2.14. The molecule has 0 radical (unpaired) electrons. The summed E-state index contributed by atoms with van der Waals surface area (Å²) in [6, 6.07) is 3.54. The Bertz CT molecular complexity index is 423. The Kier molecular flexibility index (Phi) is 3.96. The molecular formula is C11H11BrF3NO. The minimum absolute atomic E-state index is 0.123. The quantitative estimate of drug-likeness (QED) is 0.801. The molecule has 1 aromatic heterocycles. The molecule has 6 heteroatoms. The Morgan fingerprint density at radius 3 is 2.41 bits per heavy atom. The second-order valence-corrected chi connectivity index (χ2v) is 6.07. The van der Waals surface area contributed by atoms with Gasteiger partial charge in [-0.05, 0) is 26.0 Å². The molecule has 94 valence electrons. The first-order valence-electron chi connectivity index (χ1n) is 4.86. The molecule has 0 aliphatic rings. The summed E-state index contributed by atoms with van der Waals surface area (Å²) in [6.45, 7) is 3.28. The first kappa shape index (κ1) is 14.2. The second kappa shape index (κ2) is 4.76. The molecule has 1 rings (SSSR count). The van der Waals surface area contributed by atoms with Gasteiger partial charge in [0.15, 0.2) is 5.78 Å². The lowest BCUT2D eigenvalue weighted by atomic mass is 10.0. The van der Waals surface area contributed by atoms with Crippen molar-refractivity contribution in [1.82, 2.24) is 4.98 Å². The fourth-order valence-electron chi connectivity index (χ4n) is 1.11. The fraction of sp³-hybridized carbons (Fsp3) is 0.455. The standard InChI is InChI=1S/C11H11BrF3NO/c1-10(2,12)9(17)6-7-4-3-5-8(16-7)11(13,14)15/h3-5H,6H2,1-2H3. The van der Waals surface area contributed by atoms with Crippen LogP contribution >= 0.6 is 15.9 Å². The van der Waals surface area contributed by atoms with Crippen LogP contribution in [0.3, 0.4) is 0 Å². The minimum Gasteiger partial charge on any atom is -0.298 e. The van der Waals surface area contributed by atoms with Crippen LogP contribution in [0.4, 0.5) is 13.2 Å². The number of carbonyl (C=O) groups excluding carboxylic acids is 1. The molecule has 0 aromatic carbocycles. The Morgan fingerprint density at radius 1 is 1.35 bits per heavy atom. The topological polar surface area (TPSA) is 30.0 Å². The predicted molar refractivity (Wildman–Crippen MR) is 61.0 cm³/mol. The molecule has 0 spiro atoms. The van der Waals surface area contributed by atoms with E-state index in [1.54, 1.807) is 13.8 Å². The number of hydrogen-bond donors (Lipinski definition) is 0. The summed E-state index contributed by atoms with van der Waals surface area (Å²) in [5.74, 6) is -0.218. The van der Waals surface area contributed by atoms with Crippen molar-refractivity contribution < 1.29 is 18.0 Å². The van der Waals surface area contributed by atoms with Gasteiger partial charge in [-0.25, -0.2) is 4.98 Å². The summed E-state index contributed by atoms with van der Waals surface area (Å²) in [6.07, 6.45) is -4.61. The van der Waals surface area contributed by atoms with E-state index in [1.807, 2.05) is 0 Å². The second-order valence-electron chi connectivity index (χ2n) is 4.08. The smallest absolute Gasteiger partial charge is 0.298 e. The number of ketones is 1. The molecule has 0 unspecified atom stereocenters. The number of carbonyl (C=O) groups is 1. The van der Waals surface area contributed by atoms with Crippen molar-refractivity contribution in [3.8, 4) is 0 Å². The number of hydrogen-bond acceptors (Lipinski definition) is 2. The molecule has 0 atom stereocenters. The van der Waals surface area contributed by atoms with E-state index in [9.17, 15) is 18.0 Å². The molecule has 17 heavy (non-hydrogen) atoms. The highest BCUT2D eigenvalue weighted by molar-refractivity contribution is 9.10. The molecule has 0 amide bonds. The van der Waals surface area contributed by atoms with Gasteiger partial charge in [-0.3, -0.25) is 4.79 Å². The molecule has 0 fully saturated rings. The highest BCUT2D eigenvalue weighted by Gasteiger charge is 2.33. The molecular weight excluding hydrogens is 299 g/mol. The molecule has 0 aliphatic carbocycles. The molecule has 1 aromatic rings. The molecule has 0 bridgehead atoms. The Balaban J connectivity index is 2.91. The summed E-state index contributed by atoms with van der Waals surface area (Å²) in [5, 5.41) is 0. The highest BCUT2D eigenvalue weighted by Crippen LogP contribution is 2.27. The molecule has 2 nitrogen and oxygen atoms in total. The van der Waals surface area contributed by atoms with Gasteiger partial charge in [-0.2, -0.15) is 13.2 Å². The van der Waals surface area contributed by atoms with Crippen LogP contribution in [-0.4, -0.2) is 15.1 Å². The maximum atomic E-state index is 12.4. The zero-order valence-corrected chi connectivity index (χ0v) is 10.9. The summed E-state index contributed by atoms with van der Waals surface area (Å²) in [5.41, 5.74) is -0.854. The van der Waals surface area contributed by atoms with Crippen LogP contribution in [0, 0.1) is 0 Å². The fourth-order valence-corrected chi connectivity index (χ4v) is 1.25. The summed E-state index contributed by atoms with van der Waals surface area (Å²) in [7, 11) is 0. The largest absolute Gasteiger partial charge is 0.433 e. The van der Waals surface area contributed by atoms with E-state index in [1.165, 1.54) is 12.1 Å². The maximum Gasteiger partial charge on any atom is 0.433 e. The average molecular weight is 310 g/mol. The molecule has 1 heterocycles. The zero-order valence-electron chi connectivity index (χ0n) is 9.31. The van der Waals surface area contributed by atoms with Crippen molar-refractivity contribution in [2.75, 3.05) is 0 Å². The van der Waals surface area contributed by atoms with E-state index in [2.05, 4.69) is 20.9 Å². The van der Waals surface area contributed by atoms with Crippen LogP contribution < -0.4 is 0 Å². The summed E-state index contributed by atoms with van der Waals surface area (Å²) >= 11 is 3.16. The van der Waals surface area contributed by atoms with E-state index in [-0.39, 0.29) is 17.9 Å². The van der Waals surface area contributed by atoms with Crippen molar-refractivity contribution >= 4 is 21.7 Å². The average Bonchev–Trinajstić information content (AvgIpc) is 2.15. The van der Waals surface area contributed by atoms with Gasteiger partial charge in [0.05, 0.1) is 10.7 Å². The Labute approximate surface area is 105 Å². The van der Waals surface area contributed by atoms with E-state index in [0.717, 1.165) is 6.07 Å². The maximum absolute atomic E-state index is 12.4. The Morgan fingerprint density at radius 2 is 1.94 bits per heavy atom. The van der Waals surface area contributed by atoms with Crippen LogP contribution in [0.1, 0.15) is 25.2 Å². The highest BCUT2D eigenvalue weighted by atomic mass is 79.9. The van der Waals surface area contributed by atoms with Gasteiger partial charge in [-0.1, -0.05) is 22.0 Å². The van der Waals surface area contributed by atoms with Gasteiger partial charge in [0, 0.05) is 5.69 Å². The number of nitrogens with zero attached hydrogens (tertiary/aromatic N) is 1. The summed E-state index contributed by atoms with van der Waals surface area (Å²) in [4.78, 5) is 15.1. The van der Waals surface area contributed by atoms with E-state index in [0.29, 0.717) is 0 Å². The number of rotatable bonds is 3. The van der Waals surface area contributed by atoms with Crippen LogP contribution in [0.25, 0.3) is 0 Å². The number of Topliss-reactive ketones (excluding diaryl/α,β-unsaturated/α-hetero) is 1. The Hall–Kier alpha value is -0.910. The monoisotopic (exact) mass is 309 g/mol. The van der Waals surface area contributed by atoms with Gasteiger partial charge in [0.25, 0.3) is 0 Å². The SMILES string of the molecule is CC(C)(Br)C(=O)Cc1cccc(C(F)(F)F)n1. The van der Waals surface area contributed by atoms with Crippen molar-refractivity contribution in [2.45, 2.75) is 30.8 Å². The third kappa shape index (κ3) is 4.11. The van der Waals surface area contributed by atoms with Crippen LogP contribution in [0.15, 0.2) is 18.2 Å². The molecule has 0 N–H and O–H groups in total. The van der Waals surface area contributed by atoms with Crippen LogP contribution in [0.2, 0.25) is 0 Å². The number of pyridine rings is 1. The molecule has 0 aliphatic heterocycles. The number of aromatic nitrogens is 1. The van der Waals surface area contributed by atoms with E-state index >= 15 is 0 Å². The van der Waals surface area contributed by atoms with Gasteiger partial charge in [-0.15, -0.1) is 0 Å². The van der Waals surface area contributed by atoms with Gasteiger partial charge in [0.2, 0.25) is 0 Å². The molecule has 0 saturated carbocycles. The predicted octanol–water partition coefficient (Wildman–Crippen LogP) is 3.39. The van der Waals surface area contributed by atoms with Gasteiger partial charge in [0.1, 0.15) is 5.69 Å². The van der Waals surface area contributed by atoms with Crippen LogP contribution in [-0.2, 0) is 17.4 Å². The normalized spacial score (nSPS) is 12.6. The van der Waals surface area contributed by atoms with E-state index in [4.69, 9.17) is 0 Å². The number of halogens is 4. The van der Waals surface area contributed by atoms with Crippen LogP contribution in [0.5, 0.6) is 0 Å². The first-order valence-corrected chi connectivity index (χ1v) is 5.65. The minimum atomic E-state index is -4.48. The van der Waals surface area contributed by atoms with Crippen molar-refractivity contribution in [2.24, 2.45) is 0 Å². The van der Waals surface area contributed by atoms with E-state index < -0.39 is 16.2 Å². The lowest BCUT2D eigenvalue weighted by molar-refractivity contribution is -0.141. The van der Waals surface area contributed by atoms with Crippen molar-refractivity contribution in [3.05, 3.63) is 29.6 Å².